The molecule has 1 amide bonds. The maximum atomic E-state index is 12.3. The van der Waals surface area contributed by atoms with Crippen LogP contribution in [0.3, 0.4) is 0 Å². The minimum Gasteiger partial charge on any atom is -0.322 e. The van der Waals surface area contributed by atoms with Crippen LogP contribution < -0.4 is 5.32 Å². The Balaban J connectivity index is 0.000000646. The first-order valence-corrected chi connectivity index (χ1v) is 10.0. The van der Waals surface area contributed by atoms with Gasteiger partial charge in [0.05, 0.1) is 0 Å². The molecule has 0 spiro atoms. The number of allylic oxidation sites excluding steroid dienone is 1. The van der Waals surface area contributed by atoms with Crippen molar-refractivity contribution < 1.29 is 4.79 Å². The first kappa shape index (κ1) is 22.7. The summed E-state index contributed by atoms with van der Waals surface area (Å²) >= 11 is 0. The molecule has 1 unspecified atom stereocenters. The Bertz CT molecular complexity index is 683. The number of carbonyl (C=O) groups excluding carboxylic acids is 1. The van der Waals surface area contributed by atoms with E-state index in [0.29, 0.717) is 17.4 Å². The van der Waals surface area contributed by atoms with E-state index in [4.69, 9.17) is 0 Å². The molecular formula is C25H35NO. The van der Waals surface area contributed by atoms with E-state index in [9.17, 15) is 4.79 Å². The Morgan fingerprint density at radius 3 is 1.93 bits per heavy atom. The van der Waals surface area contributed by atoms with Crippen molar-refractivity contribution in [2.45, 2.75) is 65.7 Å². The zero-order chi connectivity index (χ0) is 20.2. The van der Waals surface area contributed by atoms with Gasteiger partial charge >= 0.3 is 0 Å². The van der Waals surface area contributed by atoms with E-state index in [-0.39, 0.29) is 5.91 Å². The van der Waals surface area contributed by atoms with E-state index >= 15 is 0 Å². The maximum absolute atomic E-state index is 12.3. The Morgan fingerprint density at radius 2 is 1.52 bits per heavy atom. The van der Waals surface area contributed by atoms with Gasteiger partial charge in [0.15, 0.2) is 0 Å². The monoisotopic (exact) mass is 365 g/mol. The zero-order valence-corrected chi connectivity index (χ0v) is 17.6. The summed E-state index contributed by atoms with van der Waals surface area (Å²) in [5, 5.41) is 2.95. The van der Waals surface area contributed by atoms with Crippen LogP contribution in [0.2, 0.25) is 0 Å². The maximum Gasteiger partial charge on any atom is 0.255 e. The van der Waals surface area contributed by atoms with Crippen molar-refractivity contribution in [3.8, 4) is 0 Å². The summed E-state index contributed by atoms with van der Waals surface area (Å²) in [4.78, 5) is 12.3. The molecule has 146 valence electrons. The van der Waals surface area contributed by atoms with Crippen LogP contribution in [0.4, 0.5) is 5.69 Å². The Hall–Kier alpha value is -2.35. The van der Waals surface area contributed by atoms with Crippen molar-refractivity contribution in [3.63, 3.8) is 0 Å². The highest BCUT2D eigenvalue weighted by atomic mass is 16.1. The molecule has 27 heavy (non-hydrogen) atoms. The Morgan fingerprint density at radius 1 is 0.963 bits per heavy atom. The van der Waals surface area contributed by atoms with Crippen LogP contribution in [-0.2, 0) is 0 Å². The molecule has 0 bridgehead atoms. The van der Waals surface area contributed by atoms with Crippen molar-refractivity contribution in [3.05, 3.63) is 77.9 Å². The van der Waals surface area contributed by atoms with E-state index in [2.05, 4.69) is 58.6 Å². The second kappa shape index (κ2) is 12.1. The van der Waals surface area contributed by atoms with E-state index < -0.39 is 0 Å². The molecule has 0 saturated heterocycles. The molecule has 2 aromatic carbocycles. The van der Waals surface area contributed by atoms with Gasteiger partial charge in [0, 0.05) is 11.3 Å². The standard InChI is InChI=1S/C20H25NO.C5H10/c1-5-15(4)17-6-8-18(9-7-17)20(22)21-19-12-10-16(11-13-19)14(2)3;1-3-5-4-2/h6-15H,5H2,1-4H3,(H,21,22);3H,1,4-5H2,2H3. The van der Waals surface area contributed by atoms with Gasteiger partial charge in [-0.25, -0.2) is 0 Å². The predicted molar refractivity (Wildman–Crippen MR) is 119 cm³/mol. The smallest absolute Gasteiger partial charge is 0.255 e. The molecule has 0 saturated carbocycles. The molecule has 1 N–H and O–H groups in total. The lowest BCUT2D eigenvalue weighted by Crippen LogP contribution is -2.12. The number of hydrogen-bond donors (Lipinski definition) is 1. The van der Waals surface area contributed by atoms with E-state index in [1.54, 1.807) is 0 Å². The van der Waals surface area contributed by atoms with Gasteiger partial charge in [-0.1, -0.05) is 71.4 Å². The molecule has 0 heterocycles. The molecule has 0 aromatic heterocycles. The van der Waals surface area contributed by atoms with Crippen LogP contribution >= 0.6 is 0 Å². The SMILES string of the molecule is C=CCCC.CCC(C)c1ccc(C(=O)Nc2ccc(C(C)C)cc2)cc1. The minimum atomic E-state index is -0.0620. The summed E-state index contributed by atoms with van der Waals surface area (Å²) < 4.78 is 0. The number of amides is 1. The molecule has 2 rings (SSSR count). The molecule has 2 aromatic rings. The average molecular weight is 366 g/mol. The highest BCUT2D eigenvalue weighted by Gasteiger charge is 2.08. The quantitative estimate of drug-likeness (QED) is 0.504. The molecular weight excluding hydrogens is 330 g/mol. The van der Waals surface area contributed by atoms with Crippen molar-refractivity contribution >= 4 is 11.6 Å². The van der Waals surface area contributed by atoms with Crippen molar-refractivity contribution in [2.24, 2.45) is 0 Å². The topological polar surface area (TPSA) is 29.1 Å². The lowest BCUT2D eigenvalue weighted by atomic mass is 9.97. The molecule has 1 atom stereocenters. The lowest BCUT2D eigenvalue weighted by molar-refractivity contribution is 0.102. The van der Waals surface area contributed by atoms with Crippen LogP contribution in [0.25, 0.3) is 0 Å². The highest BCUT2D eigenvalue weighted by molar-refractivity contribution is 6.04. The summed E-state index contributed by atoms with van der Waals surface area (Å²) in [6.45, 7) is 14.4. The third-order valence-corrected chi connectivity index (χ3v) is 4.68. The van der Waals surface area contributed by atoms with Gasteiger partial charge in [-0.05, 0) is 60.1 Å². The first-order valence-electron chi connectivity index (χ1n) is 10.0. The fourth-order valence-corrected chi connectivity index (χ4v) is 2.56. The van der Waals surface area contributed by atoms with Crippen molar-refractivity contribution in [1.82, 2.24) is 0 Å². The second-order valence-corrected chi connectivity index (χ2v) is 7.24. The lowest BCUT2D eigenvalue weighted by Gasteiger charge is -2.11. The number of carbonyl (C=O) groups is 1. The normalized spacial score (nSPS) is 11.3. The summed E-state index contributed by atoms with van der Waals surface area (Å²) in [5.41, 5.74) is 4.08. The van der Waals surface area contributed by atoms with Crippen LogP contribution in [-0.4, -0.2) is 5.91 Å². The Labute approximate surface area is 165 Å². The number of unbranched alkanes of at least 4 members (excludes halogenated alkanes) is 1. The molecule has 0 aliphatic rings. The second-order valence-electron chi connectivity index (χ2n) is 7.24. The minimum absolute atomic E-state index is 0.0620. The Kier molecular flexibility index (Phi) is 10.2. The molecule has 0 aliphatic carbocycles. The molecule has 0 fully saturated rings. The fraction of sp³-hybridized carbons (Fsp3) is 0.400. The molecule has 0 radical (unpaired) electrons. The fourth-order valence-electron chi connectivity index (χ4n) is 2.56. The summed E-state index contributed by atoms with van der Waals surface area (Å²) in [6, 6.07) is 15.9. The van der Waals surface area contributed by atoms with E-state index in [1.165, 1.54) is 17.5 Å². The van der Waals surface area contributed by atoms with Gasteiger partial charge in [-0.3, -0.25) is 4.79 Å². The van der Waals surface area contributed by atoms with E-state index in [0.717, 1.165) is 18.5 Å². The van der Waals surface area contributed by atoms with Gasteiger partial charge in [-0.2, -0.15) is 0 Å². The third-order valence-electron chi connectivity index (χ3n) is 4.68. The number of hydrogen-bond acceptors (Lipinski definition) is 1. The number of benzene rings is 2. The average Bonchev–Trinajstić information content (AvgIpc) is 2.69. The summed E-state index contributed by atoms with van der Waals surface area (Å²) in [5.74, 6) is 0.964. The first-order chi connectivity index (χ1) is 12.9. The van der Waals surface area contributed by atoms with Gasteiger partial charge in [0.2, 0.25) is 0 Å². The number of anilines is 1. The van der Waals surface area contributed by atoms with Crippen molar-refractivity contribution in [2.75, 3.05) is 5.32 Å². The molecule has 2 nitrogen and oxygen atoms in total. The number of nitrogens with one attached hydrogen (secondary N) is 1. The van der Waals surface area contributed by atoms with Crippen LogP contribution in [0, 0.1) is 0 Å². The van der Waals surface area contributed by atoms with Crippen molar-refractivity contribution in [1.29, 1.82) is 0 Å². The summed E-state index contributed by atoms with van der Waals surface area (Å²) in [7, 11) is 0. The molecule has 2 heteroatoms. The number of rotatable bonds is 7. The van der Waals surface area contributed by atoms with Gasteiger partial charge in [0.1, 0.15) is 0 Å². The van der Waals surface area contributed by atoms with Crippen LogP contribution in [0.5, 0.6) is 0 Å². The van der Waals surface area contributed by atoms with Crippen LogP contribution in [0.15, 0.2) is 61.2 Å². The molecule has 0 aliphatic heterocycles. The largest absolute Gasteiger partial charge is 0.322 e. The van der Waals surface area contributed by atoms with Gasteiger partial charge in [0.25, 0.3) is 5.91 Å². The van der Waals surface area contributed by atoms with Gasteiger partial charge in [-0.15, -0.1) is 6.58 Å². The van der Waals surface area contributed by atoms with Crippen LogP contribution in [0.1, 0.15) is 87.2 Å². The summed E-state index contributed by atoms with van der Waals surface area (Å²) in [6.07, 6.45) is 5.41. The highest BCUT2D eigenvalue weighted by Crippen LogP contribution is 2.20. The zero-order valence-electron chi connectivity index (χ0n) is 17.6. The predicted octanol–water partition coefficient (Wildman–Crippen LogP) is 7.55. The van der Waals surface area contributed by atoms with Gasteiger partial charge < -0.3 is 5.32 Å². The van der Waals surface area contributed by atoms with E-state index in [1.807, 2.05) is 42.5 Å². The third kappa shape index (κ3) is 7.82.